The van der Waals surface area contributed by atoms with E-state index in [2.05, 4.69) is 22.4 Å². The number of rotatable bonds is 3. The maximum atomic E-state index is 11.0. The third kappa shape index (κ3) is 3.06. The van der Waals surface area contributed by atoms with Crippen LogP contribution in [0.4, 0.5) is 9.93 Å². The van der Waals surface area contributed by atoms with Crippen LogP contribution >= 0.6 is 11.3 Å². The van der Waals surface area contributed by atoms with Gasteiger partial charge in [-0.2, -0.15) is 0 Å². The van der Waals surface area contributed by atoms with Crippen LogP contribution in [-0.2, 0) is 6.42 Å². The monoisotopic (exact) mass is 255 g/mol. The van der Waals surface area contributed by atoms with Gasteiger partial charge in [0.2, 0.25) is 5.13 Å². The van der Waals surface area contributed by atoms with Gasteiger partial charge in [-0.05, 0) is 19.3 Å². The Labute approximate surface area is 104 Å². The number of aromatic nitrogens is 2. The fourth-order valence-electron chi connectivity index (χ4n) is 1.87. The number of anilines is 1. The third-order valence-electron chi connectivity index (χ3n) is 2.90. The van der Waals surface area contributed by atoms with Gasteiger partial charge in [0.25, 0.3) is 0 Å². The number of carbonyl (C=O) groups is 1. The maximum Gasteiger partial charge on any atom is 0.314 e. The largest absolute Gasteiger partial charge is 0.357 e. The number of nitrogens with one attached hydrogen (secondary N) is 1. The first kappa shape index (κ1) is 12.1. The highest BCUT2D eigenvalue weighted by Crippen LogP contribution is 2.20. The lowest BCUT2D eigenvalue weighted by Gasteiger charge is -2.30. The summed E-state index contributed by atoms with van der Waals surface area (Å²) in [5.41, 5.74) is 5.23. The van der Waals surface area contributed by atoms with Crippen LogP contribution in [0.5, 0.6) is 0 Å². The van der Waals surface area contributed by atoms with Crippen LogP contribution in [0.15, 0.2) is 0 Å². The molecule has 0 atom stereocenters. The first-order valence-electron chi connectivity index (χ1n) is 5.82. The summed E-state index contributed by atoms with van der Waals surface area (Å²) in [5, 5.41) is 13.4. The number of amides is 2. The van der Waals surface area contributed by atoms with Crippen molar-refractivity contribution < 1.29 is 4.79 Å². The van der Waals surface area contributed by atoms with Gasteiger partial charge >= 0.3 is 6.03 Å². The molecule has 0 spiro atoms. The summed E-state index contributed by atoms with van der Waals surface area (Å²) in [7, 11) is 0. The lowest BCUT2D eigenvalue weighted by Crippen LogP contribution is -2.44. The van der Waals surface area contributed by atoms with Crippen molar-refractivity contribution in [2.45, 2.75) is 32.2 Å². The Morgan fingerprint density at radius 3 is 2.76 bits per heavy atom. The second kappa shape index (κ2) is 5.31. The Morgan fingerprint density at radius 2 is 2.24 bits per heavy atom. The highest BCUT2D eigenvalue weighted by atomic mass is 32.1. The Bertz CT molecular complexity index is 386. The number of likely N-dealkylation sites (tertiary alicyclic amines) is 1. The lowest BCUT2D eigenvalue weighted by molar-refractivity contribution is 0.193. The van der Waals surface area contributed by atoms with Crippen molar-refractivity contribution in [2.24, 2.45) is 5.73 Å². The first-order chi connectivity index (χ1) is 8.19. The summed E-state index contributed by atoms with van der Waals surface area (Å²) in [6.07, 6.45) is 2.73. The number of hydrogen-bond acceptors (Lipinski definition) is 5. The highest BCUT2D eigenvalue weighted by molar-refractivity contribution is 7.15. The van der Waals surface area contributed by atoms with Gasteiger partial charge in [-0.25, -0.2) is 4.79 Å². The number of nitrogens with two attached hydrogens (primary N) is 1. The predicted molar refractivity (Wildman–Crippen MR) is 67.1 cm³/mol. The number of carbonyl (C=O) groups excluding carboxylic acids is 1. The van der Waals surface area contributed by atoms with Gasteiger partial charge in [0.15, 0.2) is 0 Å². The lowest BCUT2D eigenvalue weighted by atomic mass is 10.1. The molecule has 94 valence electrons. The highest BCUT2D eigenvalue weighted by Gasteiger charge is 2.21. The minimum absolute atomic E-state index is 0.326. The zero-order chi connectivity index (χ0) is 12.3. The fraction of sp³-hybridized carbons (Fsp3) is 0.700. The van der Waals surface area contributed by atoms with Crippen molar-refractivity contribution in [2.75, 3.05) is 18.4 Å². The zero-order valence-corrected chi connectivity index (χ0v) is 10.7. The molecule has 0 radical (unpaired) electrons. The molecule has 1 aromatic heterocycles. The molecule has 1 aromatic rings. The molecule has 1 aliphatic rings. The van der Waals surface area contributed by atoms with Crippen LogP contribution in [0.3, 0.4) is 0 Å². The number of urea groups is 1. The Balaban J connectivity index is 1.83. The van der Waals surface area contributed by atoms with Crippen LogP contribution in [0.25, 0.3) is 0 Å². The quantitative estimate of drug-likeness (QED) is 0.845. The van der Waals surface area contributed by atoms with Crippen LogP contribution in [-0.4, -0.2) is 40.3 Å². The average molecular weight is 255 g/mol. The van der Waals surface area contributed by atoms with E-state index in [1.165, 1.54) is 0 Å². The molecule has 3 N–H and O–H groups in total. The Morgan fingerprint density at radius 1 is 1.53 bits per heavy atom. The summed E-state index contributed by atoms with van der Waals surface area (Å²) < 4.78 is 0. The van der Waals surface area contributed by atoms with E-state index >= 15 is 0 Å². The predicted octanol–water partition coefficient (Wildman–Crippen LogP) is 1.06. The SMILES string of the molecule is CCc1nnc(NC2CCN(C(N)=O)CC2)s1. The molecule has 0 aromatic carbocycles. The average Bonchev–Trinajstić information content (AvgIpc) is 2.77. The molecule has 0 unspecified atom stereocenters. The van der Waals surface area contributed by atoms with Crippen molar-refractivity contribution in [3.63, 3.8) is 0 Å². The minimum Gasteiger partial charge on any atom is -0.357 e. The Kier molecular flexibility index (Phi) is 3.78. The molecule has 1 saturated heterocycles. The van der Waals surface area contributed by atoms with Crippen LogP contribution in [0.1, 0.15) is 24.8 Å². The van der Waals surface area contributed by atoms with Gasteiger partial charge in [0.1, 0.15) is 5.01 Å². The molecule has 0 saturated carbocycles. The van der Waals surface area contributed by atoms with Crippen molar-refractivity contribution in [3.05, 3.63) is 5.01 Å². The molecular weight excluding hydrogens is 238 g/mol. The van der Waals surface area contributed by atoms with E-state index in [4.69, 9.17) is 5.73 Å². The molecule has 2 amide bonds. The van der Waals surface area contributed by atoms with Crippen LogP contribution in [0.2, 0.25) is 0 Å². The van der Waals surface area contributed by atoms with E-state index in [0.29, 0.717) is 19.1 Å². The van der Waals surface area contributed by atoms with Crippen LogP contribution in [0, 0.1) is 0 Å². The minimum atomic E-state index is -0.326. The summed E-state index contributed by atoms with van der Waals surface area (Å²) in [6, 6.07) is 0.0379. The van der Waals surface area contributed by atoms with E-state index < -0.39 is 0 Å². The molecule has 2 rings (SSSR count). The first-order valence-corrected chi connectivity index (χ1v) is 6.64. The number of aryl methyl sites for hydroxylation is 1. The third-order valence-corrected chi connectivity index (χ3v) is 3.90. The van der Waals surface area contributed by atoms with E-state index in [-0.39, 0.29) is 6.03 Å². The number of piperidine rings is 1. The molecule has 2 heterocycles. The van der Waals surface area contributed by atoms with Gasteiger partial charge < -0.3 is 16.0 Å². The van der Waals surface area contributed by atoms with Gasteiger partial charge in [-0.3, -0.25) is 0 Å². The molecule has 17 heavy (non-hydrogen) atoms. The topological polar surface area (TPSA) is 84.1 Å². The van der Waals surface area contributed by atoms with Crippen molar-refractivity contribution >= 4 is 22.5 Å². The van der Waals surface area contributed by atoms with E-state index in [9.17, 15) is 4.79 Å². The summed E-state index contributed by atoms with van der Waals surface area (Å²) in [5.74, 6) is 0. The van der Waals surface area contributed by atoms with E-state index in [1.807, 2.05) is 0 Å². The van der Waals surface area contributed by atoms with Gasteiger partial charge in [0, 0.05) is 19.1 Å². The second-order valence-electron chi connectivity index (χ2n) is 4.10. The summed E-state index contributed by atoms with van der Waals surface area (Å²) in [4.78, 5) is 12.6. The molecule has 0 aliphatic carbocycles. The van der Waals surface area contributed by atoms with Gasteiger partial charge in [0.05, 0.1) is 0 Å². The molecule has 6 nitrogen and oxygen atoms in total. The molecule has 1 fully saturated rings. The smallest absolute Gasteiger partial charge is 0.314 e. The standard InChI is InChI=1S/C10H17N5OS/c1-2-8-13-14-10(17-8)12-7-3-5-15(6-4-7)9(11)16/h7H,2-6H2,1H3,(H2,11,16)(H,12,14). The van der Waals surface area contributed by atoms with Crippen molar-refractivity contribution in [3.8, 4) is 0 Å². The molecule has 1 aliphatic heterocycles. The zero-order valence-electron chi connectivity index (χ0n) is 9.85. The maximum absolute atomic E-state index is 11.0. The van der Waals surface area contributed by atoms with Crippen molar-refractivity contribution in [1.29, 1.82) is 0 Å². The van der Waals surface area contributed by atoms with Crippen molar-refractivity contribution in [1.82, 2.24) is 15.1 Å². The Hall–Kier alpha value is -1.37. The van der Waals surface area contributed by atoms with E-state index in [1.54, 1.807) is 16.2 Å². The summed E-state index contributed by atoms with van der Waals surface area (Å²) in [6.45, 7) is 3.49. The normalized spacial score (nSPS) is 17.1. The van der Waals surface area contributed by atoms with Gasteiger partial charge in [-0.1, -0.05) is 18.3 Å². The molecular formula is C10H17N5OS. The fourth-order valence-corrected chi connectivity index (χ4v) is 2.63. The van der Waals surface area contributed by atoms with Crippen LogP contribution < -0.4 is 11.1 Å². The second-order valence-corrected chi connectivity index (χ2v) is 5.16. The number of hydrogen-bond donors (Lipinski definition) is 2. The number of primary amides is 1. The molecule has 0 bridgehead atoms. The van der Waals surface area contributed by atoms with E-state index in [0.717, 1.165) is 29.4 Å². The summed E-state index contributed by atoms with van der Waals surface area (Å²) >= 11 is 1.60. The van der Waals surface area contributed by atoms with Gasteiger partial charge in [-0.15, -0.1) is 10.2 Å². The number of nitrogens with zero attached hydrogens (tertiary/aromatic N) is 3. The molecule has 7 heteroatoms.